The summed E-state index contributed by atoms with van der Waals surface area (Å²) in [5.41, 5.74) is -1.74. The second-order valence-electron chi connectivity index (χ2n) is 8.30. The van der Waals surface area contributed by atoms with Gasteiger partial charge in [0.25, 0.3) is 0 Å². The molecule has 0 bridgehead atoms. The highest BCUT2D eigenvalue weighted by Crippen LogP contribution is 2.45. The van der Waals surface area contributed by atoms with Crippen molar-refractivity contribution in [2.45, 2.75) is 56.3 Å². The summed E-state index contributed by atoms with van der Waals surface area (Å²) in [6, 6.07) is -0.214. The first-order valence-electron chi connectivity index (χ1n) is 10.4. The third kappa shape index (κ3) is 5.28. The van der Waals surface area contributed by atoms with E-state index in [1.54, 1.807) is 0 Å². The molecule has 1 aliphatic heterocycles. The number of alkyl halides is 3. The predicted molar refractivity (Wildman–Crippen MR) is 114 cm³/mol. The number of aliphatic hydroxyl groups is 1. The molecule has 2 aliphatic rings. The molecule has 0 spiro atoms. The maximum absolute atomic E-state index is 14.6. The van der Waals surface area contributed by atoms with E-state index in [1.807, 2.05) is 0 Å². The van der Waals surface area contributed by atoms with Gasteiger partial charge in [0.2, 0.25) is 16.0 Å². The average molecular weight is 510 g/mol. The molecule has 0 radical (unpaired) electrons. The van der Waals surface area contributed by atoms with Crippen LogP contribution in [0.3, 0.4) is 0 Å². The number of piperidine rings is 1. The summed E-state index contributed by atoms with van der Waals surface area (Å²) in [4.78, 5) is 11.1. The van der Waals surface area contributed by atoms with Crippen molar-refractivity contribution in [1.82, 2.24) is 19.3 Å². The number of sulfonamides is 1. The molecular formula is C19H23F4N5O3S2. The number of nitrogens with one attached hydrogen (secondary N) is 1. The Morgan fingerprint density at radius 1 is 1.18 bits per heavy atom. The summed E-state index contributed by atoms with van der Waals surface area (Å²) in [7, 11) is -3.30. The van der Waals surface area contributed by atoms with Crippen molar-refractivity contribution in [3.8, 4) is 10.6 Å². The molecule has 2 fully saturated rings. The maximum atomic E-state index is 14.6. The van der Waals surface area contributed by atoms with Crippen molar-refractivity contribution >= 4 is 27.3 Å². The summed E-state index contributed by atoms with van der Waals surface area (Å²) in [6.45, 7) is 0.565. The quantitative estimate of drug-likeness (QED) is 0.596. The minimum Gasteiger partial charge on any atom is -0.392 e. The van der Waals surface area contributed by atoms with Crippen LogP contribution in [0.15, 0.2) is 6.20 Å². The lowest BCUT2D eigenvalue weighted by Crippen LogP contribution is -2.42. The summed E-state index contributed by atoms with van der Waals surface area (Å²) in [5.74, 6) is -1.58. The molecule has 0 unspecified atom stereocenters. The minimum atomic E-state index is -4.82. The number of thiazole rings is 1. The van der Waals surface area contributed by atoms with Crippen LogP contribution in [-0.2, 0) is 16.2 Å². The number of hydrogen-bond donors (Lipinski definition) is 2. The predicted octanol–water partition coefficient (Wildman–Crippen LogP) is 3.22. The van der Waals surface area contributed by atoms with Crippen molar-refractivity contribution in [3.05, 3.63) is 22.7 Å². The van der Waals surface area contributed by atoms with Crippen molar-refractivity contribution in [1.29, 1.82) is 0 Å². The Kier molecular flexibility index (Phi) is 6.64. The molecule has 33 heavy (non-hydrogen) atoms. The fraction of sp³-hybridized carbons (Fsp3) is 0.632. The number of aliphatic hydroxyl groups excluding tert-OH is 1. The van der Waals surface area contributed by atoms with E-state index < -0.39 is 50.3 Å². The lowest BCUT2D eigenvalue weighted by Gasteiger charge is -2.30. The molecule has 182 valence electrons. The van der Waals surface area contributed by atoms with Gasteiger partial charge in [-0.15, -0.1) is 11.3 Å². The molecule has 2 atom stereocenters. The molecule has 1 aliphatic carbocycles. The SMILES string of the molecule is CS(=O)(=O)N1CCC(Nc2ncc(F)c(-c3sc([C@H]4CCC[C@@H]4O)nc3C(F)(F)F)n2)CC1. The highest BCUT2D eigenvalue weighted by molar-refractivity contribution is 7.88. The first kappa shape index (κ1) is 24.2. The van der Waals surface area contributed by atoms with Crippen molar-refractivity contribution in [2.24, 2.45) is 0 Å². The Labute approximate surface area is 192 Å². The molecule has 2 N–H and O–H groups in total. The van der Waals surface area contributed by atoms with E-state index in [1.165, 1.54) is 4.31 Å². The van der Waals surface area contributed by atoms with E-state index in [9.17, 15) is 31.1 Å². The number of halogens is 4. The highest BCUT2D eigenvalue weighted by Gasteiger charge is 2.41. The van der Waals surface area contributed by atoms with Crippen LogP contribution < -0.4 is 5.32 Å². The summed E-state index contributed by atoms with van der Waals surface area (Å²) < 4.78 is 80.4. The number of rotatable bonds is 5. The Balaban J connectivity index is 1.61. The molecule has 14 heteroatoms. The normalized spacial score (nSPS) is 23.2. The zero-order valence-corrected chi connectivity index (χ0v) is 19.3. The Hall–Kier alpha value is -1.90. The van der Waals surface area contributed by atoms with Crippen molar-refractivity contribution < 1.29 is 31.1 Å². The molecular weight excluding hydrogens is 486 g/mol. The molecule has 0 aromatic carbocycles. The van der Waals surface area contributed by atoms with Crippen LogP contribution in [0.4, 0.5) is 23.5 Å². The van der Waals surface area contributed by atoms with Gasteiger partial charge in [0, 0.05) is 25.0 Å². The summed E-state index contributed by atoms with van der Waals surface area (Å²) >= 11 is 0.690. The molecule has 8 nitrogen and oxygen atoms in total. The number of hydrogen-bond acceptors (Lipinski definition) is 8. The van der Waals surface area contributed by atoms with E-state index in [2.05, 4.69) is 20.3 Å². The van der Waals surface area contributed by atoms with E-state index in [0.29, 0.717) is 43.4 Å². The Morgan fingerprint density at radius 3 is 2.45 bits per heavy atom. The van der Waals surface area contributed by atoms with Crippen molar-refractivity contribution in [2.75, 3.05) is 24.7 Å². The van der Waals surface area contributed by atoms with Crippen molar-refractivity contribution in [3.63, 3.8) is 0 Å². The maximum Gasteiger partial charge on any atom is 0.434 e. The van der Waals surface area contributed by atoms with E-state index in [0.717, 1.165) is 12.5 Å². The van der Waals surface area contributed by atoms with Gasteiger partial charge in [-0.3, -0.25) is 0 Å². The molecule has 0 amide bonds. The van der Waals surface area contributed by atoms with Gasteiger partial charge in [0.05, 0.1) is 28.4 Å². The van der Waals surface area contributed by atoms with Gasteiger partial charge >= 0.3 is 6.18 Å². The molecule has 3 heterocycles. The summed E-state index contributed by atoms with van der Waals surface area (Å²) in [5, 5.41) is 13.2. The third-order valence-corrected chi connectivity index (χ3v) is 8.42. The monoisotopic (exact) mass is 509 g/mol. The van der Waals surface area contributed by atoms with Crippen LogP contribution in [0.2, 0.25) is 0 Å². The van der Waals surface area contributed by atoms with E-state index in [-0.39, 0.29) is 30.1 Å². The fourth-order valence-corrected chi connectivity index (χ4v) is 6.33. The van der Waals surface area contributed by atoms with Gasteiger partial charge in [-0.1, -0.05) is 6.42 Å². The fourth-order valence-electron chi connectivity index (χ4n) is 4.19. The largest absolute Gasteiger partial charge is 0.434 e. The van der Waals surface area contributed by atoms with Gasteiger partial charge in [-0.05, 0) is 25.7 Å². The first-order valence-corrected chi connectivity index (χ1v) is 13.1. The zero-order valence-electron chi connectivity index (χ0n) is 17.6. The zero-order chi connectivity index (χ0) is 24.0. The molecule has 1 saturated heterocycles. The second-order valence-corrected chi connectivity index (χ2v) is 11.3. The van der Waals surface area contributed by atoms with Crippen LogP contribution in [0.1, 0.15) is 48.7 Å². The topological polar surface area (TPSA) is 108 Å². The minimum absolute atomic E-state index is 0.0480. The van der Waals surface area contributed by atoms with Gasteiger partial charge in [0.1, 0.15) is 5.69 Å². The van der Waals surface area contributed by atoms with Gasteiger partial charge in [0.15, 0.2) is 11.5 Å². The average Bonchev–Trinajstić information content (AvgIpc) is 3.35. The Bertz CT molecular complexity index is 1120. The molecule has 2 aromatic heterocycles. The van der Waals surface area contributed by atoms with Crippen LogP contribution in [-0.4, -0.2) is 64.3 Å². The smallest absolute Gasteiger partial charge is 0.392 e. The number of anilines is 1. The van der Waals surface area contributed by atoms with E-state index >= 15 is 0 Å². The van der Waals surface area contributed by atoms with Crippen LogP contribution in [0.5, 0.6) is 0 Å². The molecule has 1 saturated carbocycles. The molecule has 4 rings (SSSR count). The highest BCUT2D eigenvalue weighted by atomic mass is 32.2. The van der Waals surface area contributed by atoms with Gasteiger partial charge < -0.3 is 10.4 Å². The van der Waals surface area contributed by atoms with Crippen LogP contribution in [0, 0.1) is 5.82 Å². The summed E-state index contributed by atoms with van der Waals surface area (Å²) in [6.07, 6.45) is -1.11. The van der Waals surface area contributed by atoms with Gasteiger partial charge in [-0.25, -0.2) is 32.1 Å². The molecule has 2 aromatic rings. The standard InChI is InChI=1S/C19H23F4N5O3S2/c1-33(30,31)28-7-5-10(6-8-28)25-18-24-9-12(20)14(26-18)15-16(19(21,22)23)27-17(32-15)11-3-2-4-13(11)29/h9-11,13,29H,2-8H2,1H3,(H,24,25,26)/t11-,13-/m0/s1. The van der Waals surface area contributed by atoms with Gasteiger partial charge in [-0.2, -0.15) is 13.2 Å². The third-order valence-electron chi connectivity index (χ3n) is 5.92. The second kappa shape index (κ2) is 9.04. The Morgan fingerprint density at radius 2 is 1.88 bits per heavy atom. The van der Waals surface area contributed by atoms with Crippen LogP contribution >= 0.6 is 11.3 Å². The lowest BCUT2D eigenvalue weighted by atomic mass is 10.1. The number of aromatic nitrogens is 3. The lowest BCUT2D eigenvalue weighted by molar-refractivity contribution is -0.140. The van der Waals surface area contributed by atoms with E-state index in [4.69, 9.17) is 0 Å². The van der Waals surface area contributed by atoms with Crippen LogP contribution in [0.25, 0.3) is 10.6 Å². The number of nitrogens with zero attached hydrogens (tertiary/aromatic N) is 4. The first-order chi connectivity index (χ1) is 15.4.